The van der Waals surface area contributed by atoms with Crippen LogP contribution in [0.5, 0.6) is 11.5 Å². The van der Waals surface area contributed by atoms with Gasteiger partial charge in [-0.2, -0.15) is 0 Å². The third-order valence-corrected chi connectivity index (χ3v) is 3.99. The molecule has 0 unspecified atom stereocenters. The number of rotatable bonds is 6. The van der Waals surface area contributed by atoms with Crippen LogP contribution >= 0.6 is 0 Å². The van der Waals surface area contributed by atoms with Gasteiger partial charge in [0.1, 0.15) is 0 Å². The Balaban J connectivity index is 2.06. The number of carbonyl (C=O) groups excluding carboxylic acids is 2. The first-order chi connectivity index (χ1) is 12.7. The van der Waals surface area contributed by atoms with E-state index in [1.807, 2.05) is 26.0 Å². The van der Waals surface area contributed by atoms with Gasteiger partial charge in [0.05, 0.1) is 19.8 Å². The lowest BCUT2D eigenvalue weighted by Gasteiger charge is -2.27. The van der Waals surface area contributed by atoms with E-state index in [0.29, 0.717) is 22.9 Å². The Morgan fingerprint density at radius 3 is 1.93 bits per heavy atom. The normalized spacial score (nSPS) is 10.7. The van der Waals surface area contributed by atoms with Gasteiger partial charge in [-0.05, 0) is 55.8 Å². The van der Waals surface area contributed by atoms with Crippen LogP contribution in [0.25, 0.3) is 0 Å². The molecule has 0 atom stereocenters. The van der Waals surface area contributed by atoms with Gasteiger partial charge >= 0.3 is 6.03 Å². The summed E-state index contributed by atoms with van der Waals surface area (Å²) in [6.45, 7) is 5.23. The van der Waals surface area contributed by atoms with Crippen LogP contribution in [0.3, 0.4) is 0 Å². The number of carbonyl (C=O) groups is 2. The molecule has 2 rings (SSSR count). The van der Waals surface area contributed by atoms with Crippen LogP contribution in [0.15, 0.2) is 42.5 Å². The zero-order valence-corrected chi connectivity index (χ0v) is 16.2. The lowest BCUT2D eigenvalue weighted by atomic mass is 9.94. The molecule has 0 bridgehead atoms. The second kappa shape index (κ2) is 8.44. The maximum absolute atomic E-state index is 12.4. The van der Waals surface area contributed by atoms with Gasteiger partial charge < -0.3 is 25.4 Å². The monoisotopic (exact) mass is 371 g/mol. The fraction of sp³-hybridized carbons (Fsp3) is 0.300. The molecule has 0 spiro atoms. The number of ether oxygens (including phenoxy) is 2. The standard InChI is InChI=1S/C20H25N3O4/c1-13(24)21-15-7-9-16(10-8-15)22-19(25)23-20(2,3)14-6-11-17(26-4)18(12-14)27-5/h6-12H,1-5H3,(H,21,24)(H2,22,23,25). The summed E-state index contributed by atoms with van der Waals surface area (Å²) in [5, 5.41) is 8.40. The lowest BCUT2D eigenvalue weighted by Crippen LogP contribution is -2.43. The van der Waals surface area contributed by atoms with Crippen molar-refractivity contribution >= 4 is 23.3 Å². The average Bonchev–Trinajstić information content (AvgIpc) is 2.61. The molecule has 0 saturated carbocycles. The molecule has 0 fully saturated rings. The van der Waals surface area contributed by atoms with Crippen LogP contribution in [0, 0.1) is 0 Å². The van der Waals surface area contributed by atoms with E-state index in [1.54, 1.807) is 44.6 Å². The van der Waals surface area contributed by atoms with Crippen molar-refractivity contribution in [3.8, 4) is 11.5 Å². The highest BCUT2D eigenvalue weighted by Gasteiger charge is 2.24. The fourth-order valence-electron chi connectivity index (χ4n) is 2.58. The van der Waals surface area contributed by atoms with E-state index in [2.05, 4.69) is 16.0 Å². The Morgan fingerprint density at radius 2 is 1.41 bits per heavy atom. The summed E-state index contributed by atoms with van der Waals surface area (Å²) in [5.74, 6) is 1.07. The fourth-order valence-corrected chi connectivity index (χ4v) is 2.58. The predicted molar refractivity (Wildman–Crippen MR) is 105 cm³/mol. The zero-order valence-electron chi connectivity index (χ0n) is 16.2. The van der Waals surface area contributed by atoms with Gasteiger partial charge in [-0.15, -0.1) is 0 Å². The van der Waals surface area contributed by atoms with Crippen LogP contribution < -0.4 is 25.4 Å². The van der Waals surface area contributed by atoms with Crippen LogP contribution in [0.4, 0.5) is 16.2 Å². The van der Waals surface area contributed by atoms with E-state index in [4.69, 9.17) is 9.47 Å². The molecule has 7 nitrogen and oxygen atoms in total. The first kappa shape index (κ1) is 20.1. The summed E-state index contributed by atoms with van der Waals surface area (Å²) in [6.07, 6.45) is 0. The average molecular weight is 371 g/mol. The summed E-state index contributed by atoms with van der Waals surface area (Å²) in [6, 6.07) is 12.0. The van der Waals surface area contributed by atoms with E-state index in [9.17, 15) is 9.59 Å². The minimum absolute atomic E-state index is 0.148. The van der Waals surface area contributed by atoms with Crippen molar-refractivity contribution < 1.29 is 19.1 Å². The minimum atomic E-state index is -0.639. The van der Waals surface area contributed by atoms with Crippen molar-refractivity contribution in [1.82, 2.24) is 5.32 Å². The molecular formula is C20H25N3O4. The van der Waals surface area contributed by atoms with E-state index in [1.165, 1.54) is 6.92 Å². The van der Waals surface area contributed by atoms with Gasteiger partial charge in [-0.3, -0.25) is 4.79 Å². The van der Waals surface area contributed by atoms with Crippen molar-refractivity contribution in [3.63, 3.8) is 0 Å². The van der Waals surface area contributed by atoms with E-state index in [0.717, 1.165) is 5.56 Å². The Kier molecular flexibility index (Phi) is 6.28. The lowest BCUT2D eigenvalue weighted by molar-refractivity contribution is -0.114. The number of methoxy groups -OCH3 is 2. The minimum Gasteiger partial charge on any atom is -0.493 e. The van der Waals surface area contributed by atoms with Gasteiger partial charge in [0.15, 0.2) is 11.5 Å². The van der Waals surface area contributed by atoms with Crippen LogP contribution in [-0.2, 0) is 10.3 Å². The smallest absolute Gasteiger partial charge is 0.319 e. The Labute approximate surface area is 159 Å². The van der Waals surface area contributed by atoms with Gasteiger partial charge in [0.25, 0.3) is 0 Å². The van der Waals surface area contributed by atoms with Gasteiger partial charge in [0, 0.05) is 18.3 Å². The number of amides is 3. The summed E-state index contributed by atoms with van der Waals surface area (Å²) >= 11 is 0. The molecule has 0 aliphatic heterocycles. The molecule has 0 aromatic heterocycles. The second-order valence-electron chi connectivity index (χ2n) is 6.53. The Morgan fingerprint density at radius 1 is 0.852 bits per heavy atom. The summed E-state index contributed by atoms with van der Waals surface area (Å²) < 4.78 is 10.6. The summed E-state index contributed by atoms with van der Waals surface area (Å²) in [5.41, 5.74) is 1.51. The molecule has 2 aromatic rings. The largest absolute Gasteiger partial charge is 0.493 e. The van der Waals surface area contributed by atoms with Gasteiger partial charge in [-0.25, -0.2) is 4.79 Å². The quantitative estimate of drug-likeness (QED) is 0.722. The molecule has 0 aliphatic rings. The highest BCUT2D eigenvalue weighted by molar-refractivity contribution is 5.91. The van der Waals surface area contributed by atoms with Crippen LogP contribution in [0.2, 0.25) is 0 Å². The molecule has 0 aliphatic carbocycles. The van der Waals surface area contributed by atoms with Crippen LogP contribution in [0.1, 0.15) is 26.3 Å². The zero-order chi connectivity index (χ0) is 20.0. The van der Waals surface area contributed by atoms with Crippen LogP contribution in [-0.4, -0.2) is 26.2 Å². The number of urea groups is 1. The molecule has 3 amide bonds. The SMILES string of the molecule is COc1ccc(C(C)(C)NC(=O)Nc2ccc(NC(C)=O)cc2)cc1OC. The number of benzene rings is 2. The van der Waals surface area contributed by atoms with E-state index in [-0.39, 0.29) is 11.9 Å². The third-order valence-electron chi connectivity index (χ3n) is 3.99. The maximum atomic E-state index is 12.4. The highest BCUT2D eigenvalue weighted by atomic mass is 16.5. The summed E-state index contributed by atoms with van der Waals surface area (Å²) in [4.78, 5) is 23.4. The number of nitrogens with one attached hydrogen (secondary N) is 3. The molecule has 2 aromatic carbocycles. The molecule has 0 radical (unpaired) electrons. The Hall–Kier alpha value is -3.22. The van der Waals surface area contributed by atoms with Crippen molar-refractivity contribution in [3.05, 3.63) is 48.0 Å². The number of hydrogen-bond donors (Lipinski definition) is 3. The van der Waals surface area contributed by atoms with Gasteiger partial charge in [0.2, 0.25) is 5.91 Å². The first-order valence-corrected chi connectivity index (χ1v) is 8.44. The predicted octanol–water partition coefficient (Wildman–Crippen LogP) is 3.72. The van der Waals surface area contributed by atoms with Crippen molar-refractivity contribution in [2.75, 3.05) is 24.9 Å². The third kappa shape index (κ3) is 5.37. The molecule has 3 N–H and O–H groups in total. The highest BCUT2D eigenvalue weighted by Crippen LogP contribution is 2.32. The van der Waals surface area contributed by atoms with Crippen molar-refractivity contribution in [1.29, 1.82) is 0 Å². The van der Waals surface area contributed by atoms with Crippen molar-refractivity contribution in [2.45, 2.75) is 26.3 Å². The van der Waals surface area contributed by atoms with E-state index >= 15 is 0 Å². The van der Waals surface area contributed by atoms with Gasteiger partial charge in [-0.1, -0.05) is 6.07 Å². The topological polar surface area (TPSA) is 88.7 Å². The molecular weight excluding hydrogens is 346 g/mol. The molecule has 0 saturated heterocycles. The second-order valence-corrected chi connectivity index (χ2v) is 6.53. The Bertz CT molecular complexity index is 816. The van der Waals surface area contributed by atoms with Crippen molar-refractivity contribution in [2.24, 2.45) is 0 Å². The first-order valence-electron chi connectivity index (χ1n) is 8.44. The number of hydrogen-bond acceptors (Lipinski definition) is 4. The molecule has 0 heterocycles. The number of anilines is 2. The summed E-state index contributed by atoms with van der Waals surface area (Å²) in [7, 11) is 3.14. The molecule has 7 heteroatoms. The van der Waals surface area contributed by atoms with E-state index < -0.39 is 5.54 Å². The maximum Gasteiger partial charge on any atom is 0.319 e. The molecule has 144 valence electrons. The molecule has 27 heavy (non-hydrogen) atoms.